The maximum absolute atomic E-state index is 8.88. The van der Waals surface area contributed by atoms with Gasteiger partial charge in [0.1, 0.15) is 0 Å². The molecule has 0 spiro atoms. The van der Waals surface area contributed by atoms with Crippen molar-refractivity contribution in [3.05, 3.63) is 0 Å². The molecular weight excluding hydrogens is 254 g/mol. The van der Waals surface area contributed by atoms with E-state index in [2.05, 4.69) is 0 Å². The van der Waals surface area contributed by atoms with Crippen molar-refractivity contribution in [1.29, 1.82) is 0 Å². The Kier molecular flexibility index (Phi) is 12.6. The Labute approximate surface area is 67.9 Å². The second-order valence-corrected chi connectivity index (χ2v) is 1.54. The van der Waals surface area contributed by atoms with Crippen molar-refractivity contribution < 1.29 is 60.2 Å². The first-order chi connectivity index (χ1) is 2.00. The largest absolute Gasteiger partial charge is 0.466 e. The van der Waals surface area contributed by atoms with Gasteiger partial charge < -0.3 is 14.7 Å². The topological polar surface area (TPSA) is 77.8 Å². The summed E-state index contributed by atoms with van der Waals surface area (Å²) in [7, 11) is -4.64. The summed E-state index contributed by atoms with van der Waals surface area (Å²) in [5.41, 5.74) is 0. The maximum Gasteiger partial charge on any atom is 0.466 e. The second kappa shape index (κ2) is 5.57. The molecule has 0 aromatic carbocycles. The van der Waals surface area contributed by atoms with Gasteiger partial charge >= 0.3 is 7.82 Å². The Hall–Kier alpha value is 1.43. The first-order valence-electron chi connectivity index (χ1n) is 0.783. The zero-order valence-corrected chi connectivity index (χ0v) is 6.72. The quantitative estimate of drug-likeness (QED) is 0.387. The van der Waals surface area contributed by atoms with E-state index >= 15 is 0 Å². The van der Waals surface area contributed by atoms with E-state index < -0.39 is 7.82 Å². The zero-order valence-electron chi connectivity index (χ0n) is 2.95. The smallest absolute Gasteiger partial charge is 0.303 e. The Bertz CT molecular complexity index is 57.8. The Morgan fingerprint density at radius 1 is 1.14 bits per heavy atom. The summed E-state index contributed by atoms with van der Waals surface area (Å²) >= 11 is 0. The van der Waals surface area contributed by atoms with E-state index in [0.717, 1.165) is 0 Å². The molecule has 2 radical (unpaired) electrons. The third-order valence-electron chi connectivity index (χ3n) is 0. The van der Waals surface area contributed by atoms with E-state index in [-0.39, 0.29) is 40.9 Å². The molecule has 0 aliphatic heterocycles. The first kappa shape index (κ1) is 15.8. The van der Waals surface area contributed by atoms with Crippen molar-refractivity contribution in [2.75, 3.05) is 0 Å². The minimum absolute atomic E-state index is 0. The van der Waals surface area contributed by atoms with E-state index in [9.17, 15) is 0 Å². The average molecular weight is 257 g/mol. The molecule has 0 saturated carbocycles. The third kappa shape index (κ3) is 107. The molecule has 0 amide bonds. The molecule has 4 nitrogen and oxygen atoms in total. The maximum atomic E-state index is 8.88. The van der Waals surface area contributed by atoms with Crippen LogP contribution in [-0.2, 0) is 45.5 Å². The van der Waals surface area contributed by atoms with Crippen molar-refractivity contribution in [1.82, 2.24) is 0 Å². The first-order valence-corrected chi connectivity index (χ1v) is 2.35. The van der Waals surface area contributed by atoms with Gasteiger partial charge in [-0.05, 0) is 0 Å². The summed E-state index contributed by atoms with van der Waals surface area (Å²) in [5, 5.41) is 0. The molecule has 0 heterocycles. The van der Waals surface area contributed by atoms with Gasteiger partial charge in [-0.15, -0.1) is 0 Å². The van der Waals surface area contributed by atoms with Crippen molar-refractivity contribution >= 4 is 7.82 Å². The zero-order chi connectivity index (χ0) is 4.50. The van der Waals surface area contributed by atoms with Crippen LogP contribution < -0.4 is 0 Å². The van der Waals surface area contributed by atoms with Crippen molar-refractivity contribution in [3.8, 4) is 0 Å². The molecule has 0 aliphatic rings. The molecule has 0 saturated heterocycles. The molecule has 0 atom stereocenters. The molecule has 3 N–H and O–H groups in total. The van der Waals surface area contributed by atoms with Gasteiger partial charge in [-0.25, -0.2) is 4.57 Å². The van der Waals surface area contributed by atoms with Crippen LogP contribution in [0.25, 0.3) is 0 Å². The van der Waals surface area contributed by atoms with Crippen LogP contribution >= 0.6 is 7.82 Å². The van der Waals surface area contributed by atoms with Crippen molar-refractivity contribution in [3.63, 3.8) is 0 Å². The molecule has 0 bridgehead atoms. The average Bonchev–Trinajstić information content (AvgIpc) is 0.722. The third-order valence-corrected chi connectivity index (χ3v) is 0. The monoisotopic (exact) mass is 256 g/mol. The molecule has 0 fully saturated rings. The standard InChI is InChI=1S/Ag.H3O4P.V/c;1-5(2,3)4;/h;(H3,1,2,3,4);. The van der Waals surface area contributed by atoms with Gasteiger partial charge in [-0.2, -0.15) is 0 Å². The van der Waals surface area contributed by atoms with E-state index in [4.69, 9.17) is 19.2 Å². The minimum Gasteiger partial charge on any atom is -0.303 e. The summed E-state index contributed by atoms with van der Waals surface area (Å²) in [5.74, 6) is 0. The molecule has 7 heteroatoms. The molecule has 0 aromatic rings. The Morgan fingerprint density at radius 2 is 1.14 bits per heavy atom. The number of hydrogen-bond donors (Lipinski definition) is 3. The van der Waals surface area contributed by atoms with Gasteiger partial charge in [-0.3, -0.25) is 0 Å². The van der Waals surface area contributed by atoms with E-state index in [1.165, 1.54) is 0 Å². The predicted octanol–water partition coefficient (Wildman–Crippen LogP) is -0.934. The SMILES string of the molecule is O=P(O)(O)O.[Ag].[V]. The van der Waals surface area contributed by atoms with E-state index in [1.807, 2.05) is 0 Å². The Balaban J connectivity index is -0.0000000800. The summed E-state index contributed by atoms with van der Waals surface area (Å²) in [6.07, 6.45) is 0. The fourth-order valence-corrected chi connectivity index (χ4v) is 0. The number of phosphoric acid groups is 1. The summed E-state index contributed by atoms with van der Waals surface area (Å²) in [6.45, 7) is 0. The van der Waals surface area contributed by atoms with Crippen molar-refractivity contribution in [2.24, 2.45) is 0 Å². The molecule has 0 aliphatic carbocycles. The van der Waals surface area contributed by atoms with E-state index in [0.29, 0.717) is 0 Å². The van der Waals surface area contributed by atoms with Gasteiger partial charge in [0.05, 0.1) is 0 Å². The summed E-state index contributed by atoms with van der Waals surface area (Å²) in [6, 6.07) is 0. The molecule has 0 rings (SSSR count). The van der Waals surface area contributed by atoms with Crippen LogP contribution in [0.2, 0.25) is 0 Å². The fraction of sp³-hybridized carbons (Fsp3) is 0. The fourth-order valence-electron chi connectivity index (χ4n) is 0. The number of hydrogen-bond acceptors (Lipinski definition) is 1. The van der Waals surface area contributed by atoms with Crippen LogP contribution in [0.3, 0.4) is 0 Å². The molecule has 7 heavy (non-hydrogen) atoms. The molecule has 0 aromatic heterocycles. The van der Waals surface area contributed by atoms with Crippen molar-refractivity contribution in [2.45, 2.75) is 0 Å². The molecule has 0 unspecified atom stereocenters. The van der Waals surface area contributed by atoms with Crippen LogP contribution in [0.1, 0.15) is 0 Å². The Morgan fingerprint density at radius 3 is 1.14 bits per heavy atom. The minimum atomic E-state index is -4.64. The van der Waals surface area contributed by atoms with E-state index in [1.54, 1.807) is 0 Å². The van der Waals surface area contributed by atoms with Crippen LogP contribution in [0.5, 0.6) is 0 Å². The van der Waals surface area contributed by atoms with Crippen LogP contribution in [0.15, 0.2) is 0 Å². The summed E-state index contributed by atoms with van der Waals surface area (Å²) in [4.78, 5) is 21.6. The van der Waals surface area contributed by atoms with Crippen LogP contribution in [0, 0.1) is 0 Å². The van der Waals surface area contributed by atoms with Crippen LogP contribution in [-0.4, -0.2) is 14.7 Å². The van der Waals surface area contributed by atoms with Gasteiger partial charge in [-0.1, -0.05) is 0 Å². The molecular formula is H3AgO4PV. The van der Waals surface area contributed by atoms with Gasteiger partial charge in [0.25, 0.3) is 0 Å². The van der Waals surface area contributed by atoms with Gasteiger partial charge in [0.15, 0.2) is 0 Å². The number of rotatable bonds is 0. The summed E-state index contributed by atoms with van der Waals surface area (Å²) < 4.78 is 8.88. The van der Waals surface area contributed by atoms with Gasteiger partial charge in [0, 0.05) is 40.9 Å². The van der Waals surface area contributed by atoms with Gasteiger partial charge in [0.2, 0.25) is 0 Å². The normalized spacial score (nSPS) is 8.43. The second-order valence-electron chi connectivity index (χ2n) is 0.513. The van der Waals surface area contributed by atoms with Crippen LogP contribution in [0.4, 0.5) is 0 Å². The molecule has 48 valence electrons. The predicted molar refractivity (Wildman–Crippen MR) is 14.3 cm³/mol.